The first-order valence-electron chi connectivity index (χ1n) is 9.61. The zero-order valence-corrected chi connectivity index (χ0v) is 17.4. The molecule has 0 radical (unpaired) electrons. The molecule has 1 atom stereocenters. The van der Waals surface area contributed by atoms with Crippen LogP contribution in [0.4, 0.5) is 0 Å². The molecule has 148 valence electrons. The van der Waals surface area contributed by atoms with Crippen LogP contribution >= 0.6 is 11.6 Å². The Hall–Kier alpha value is -2.33. The summed E-state index contributed by atoms with van der Waals surface area (Å²) in [6.45, 7) is 7.31. The van der Waals surface area contributed by atoms with Crippen molar-refractivity contribution in [2.75, 3.05) is 6.54 Å². The number of benzene rings is 2. The second-order valence-corrected chi connectivity index (χ2v) is 8.85. The lowest BCUT2D eigenvalue weighted by atomic mass is 9.91. The fourth-order valence-electron chi connectivity index (χ4n) is 3.25. The maximum Gasteiger partial charge on any atom is 0.223 e. The standard InChI is InChI=1S/C23H27ClN2O2/c1-23(2,3)14-22(27)26(15-17-9-5-4-6-10-17)16-18-13-21(25-28-18)19-11-7-8-12-20(19)24/h4-12,18H,13-16H2,1-3H3/t18-/m0/s1. The first kappa shape index (κ1) is 20.4. The molecule has 1 aliphatic rings. The second kappa shape index (κ2) is 8.78. The minimum atomic E-state index is -0.168. The van der Waals surface area contributed by atoms with E-state index in [1.165, 1.54) is 0 Å². The van der Waals surface area contributed by atoms with Gasteiger partial charge in [-0.2, -0.15) is 0 Å². The molecule has 0 saturated carbocycles. The fraction of sp³-hybridized carbons (Fsp3) is 0.391. The van der Waals surface area contributed by atoms with Gasteiger partial charge in [0.15, 0.2) is 6.10 Å². The molecule has 0 fully saturated rings. The van der Waals surface area contributed by atoms with Gasteiger partial charge in [0.25, 0.3) is 0 Å². The molecule has 4 nitrogen and oxygen atoms in total. The molecular weight excluding hydrogens is 372 g/mol. The third kappa shape index (κ3) is 5.59. The van der Waals surface area contributed by atoms with Gasteiger partial charge >= 0.3 is 0 Å². The van der Waals surface area contributed by atoms with Crippen molar-refractivity contribution in [3.8, 4) is 0 Å². The zero-order chi connectivity index (χ0) is 20.1. The van der Waals surface area contributed by atoms with Crippen LogP contribution in [-0.2, 0) is 16.2 Å². The van der Waals surface area contributed by atoms with Gasteiger partial charge in [0.2, 0.25) is 5.91 Å². The highest BCUT2D eigenvalue weighted by molar-refractivity contribution is 6.34. The van der Waals surface area contributed by atoms with E-state index in [1.807, 2.05) is 59.5 Å². The van der Waals surface area contributed by atoms with Crippen LogP contribution in [0.2, 0.25) is 5.02 Å². The molecule has 0 aromatic heterocycles. The highest BCUT2D eigenvalue weighted by atomic mass is 35.5. The summed E-state index contributed by atoms with van der Waals surface area (Å²) >= 11 is 6.29. The first-order valence-corrected chi connectivity index (χ1v) is 9.99. The molecule has 1 heterocycles. The Morgan fingerprint density at radius 2 is 1.82 bits per heavy atom. The summed E-state index contributed by atoms with van der Waals surface area (Å²) in [5, 5.41) is 4.90. The van der Waals surface area contributed by atoms with E-state index in [1.54, 1.807) is 0 Å². The molecule has 0 N–H and O–H groups in total. The number of hydrogen-bond donors (Lipinski definition) is 0. The van der Waals surface area contributed by atoms with Gasteiger partial charge in [-0.25, -0.2) is 0 Å². The average Bonchev–Trinajstić information content (AvgIpc) is 3.09. The lowest BCUT2D eigenvalue weighted by molar-refractivity contribution is -0.135. The van der Waals surface area contributed by atoms with Crippen LogP contribution < -0.4 is 0 Å². The van der Waals surface area contributed by atoms with Gasteiger partial charge in [-0.1, -0.05) is 86.1 Å². The van der Waals surface area contributed by atoms with E-state index in [0.29, 0.717) is 31.0 Å². The predicted molar refractivity (Wildman–Crippen MR) is 113 cm³/mol. The summed E-state index contributed by atoms with van der Waals surface area (Å²) < 4.78 is 0. The van der Waals surface area contributed by atoms with Crippen molar-refractivity contribution >= 4 is 23.2 Å². The predicted octanol–water partition coefficient (Wildman–Crippen LogP) is 5.30. The van der Waals surface area contributed by atoms with E-state index in [9.17, 15) is 4.79 Å². The van der Waals surface area contributed by atoms with E-state index >= 15 is 0 Å². The third-order valence-corrected chi connectivity index (χ3v) is 4.92. The maximum atomic E-state index is 13.0. The minimum Gasteiger partial charge on any atom is -0.390 e. The van der Waals surface area contributed by atoms with E-state index < -0.39 is 0 Å². The van der Waals surface area contributed by atoms with Crippen molar-refractivity contribution < 1.29 is 9.63 Å². The number of oxime groups is 1. The van der Waals surface area contributed by atoms with Crippen LogP contribution in [0.25, 0.3) is 0 Å². The highest BCUT2D eigenvalue weighted by Gasteiger charge is 2.29. The molecular formula is C23H27ClN2O2. The molecule has 2 aromatic carbocycles. The van der Waals surface area contributed by atoms with E-state index in [-0.39, 0.29) is 17.4 Å². The molecule has 0 saturated heterocycles. The van der Waals surface area contributed by atoms with Gasteiger partial charge in [0.1, 0.15) is 0 Å². The van der Waals surface area contributed by atoms with Crippen molar-refractivity contribution in [2.45, 2.75) is 46.3 Å². The van der Waals surface area contributed by atoms with Crippen molar-refractivity contribution in [3.05, 3.63) is 70.7 Å². The topological polar surface area (TPSA) is 41.9 Å². The van der Waals surface area contributed by atoms with Crippen LogP contribution in [0, 0.1) is 5.41 Å². The van der Waals surface area contributed by atoms with Crippen LogP contribution in [0.15, 0.2) is 59.8 Å². The van der Waals surface area contributed by atoms with Crippen molar-refractivity contribution in [3.63, 3.8) is 0 Å². The molecule has 0 unspecified atom stereocenters. The van der Waals surface area contributed by atoms with E-state index in [4.69, 9.17) is 16.4 Å². The Balaban J connectivity index is 1.69. The second-order valence-electron chi connectivity index (χ2n) is 8.45. The van der Waals surface area contributed by atoms with Crippen molar-refractivity contribution in [2.24, 2.45) is 10.6 Å². The van der Waals surface area contributed by atoms with Gasteiger partial charge in [-0.05, 0) is 17.0 Å². The Kier molecular flexibility index (Phi) is 6.40. The molecule has 0 aliphatic carbocycles. The lowest BCUT2D eigenvalue weighted by Crippen LogP contribution is -2.38. The fourth-order valence-corrected chi connectivity index (χ4v) is 3.50. The van der Waals surface area contributed by atoms with Gasteiger partial charge in [-0.15, -0.1) is 0 Å². The maximum absolute atomic E-state index is 13.0. The highest BCUT2D eigenvalue weighted by Crippen LogP contribution is 2.25. The quantitative estimate of drug-likeness (QED) is 0.662. The molecule has 1 amide bonds. The molecule has 0 bridgehead atoms. The van der Waals surface area contributed by atoms with Gasteiger partial charge in [0.05, 0.1) is 12.3 Å². The normalized spacial score (nSPS) is 16.4. The molecule has 5 heteroatoms. The SMILES string of the molecule is CC(C)(C)CC(=O)N(Cc1ccccc1)C[C@@H]1CC(c2ccccc2Cl)=NO1. The Morgan fingerprint density at radius 1 is 1.14 bits per heavy atom. The number of carbonyl (C=O) groups is 1. The van der Waals surface area contributed by atoms with Gasteiger partial charge in [0, 0.05) is 30.0 Å². The number of rotatable bonds is 6. The Labute approximate surface area is 172 Å². The van der Waals surface area contributed by atoms with Gasteiger partial charge < -0.3 is 9.74 Å². The molecule has 28 heavy (non-hydrogen) atoms. The first-order chi connectivity index (χ1) is 13.3. The molecule has 2 aromatic rings. The Morgan fingerprint density at radius 3 is 2.50 bits per heavy atom. The molecule has 3 rings (SSSR count). The molecule has 1 aliphatic heterocycles. The number of halogens is 1. The summed E-state index contributed by atoms with van der Waals surface area (Å²) in [6, 6.07) is 17.7. The number of amides is 1. The van der Waals surface area contributed by atoms with Crippen molar-refractivity contribution in [1.82, 2.24) is 4.90 Å². The van der Waals surface area contributed by atoms with Crippen molar-refractivity contribution in [1.29, 1.82) is 0 Å². The van der Waals surface area contributed by atoms with Crippen LogP contribution in [0.3, 0.4) is 0 Å². The number of nitrogens with zero attached hydrogens (tertiary/aromatic N) is 2. The monoisotopic (exact) mass is 398 g/mol. The summed E-state index contributed by atoms with van der Waals surface area (Å²) in [4.78, 5) is 20.5. The number of hydrogen-bond acceptors (Lipinski definition) is 3. The van der Waals surface area contributed by atoms with E-state index in [0.717, 1.165) is 16.8 Å². The summed E-state index contributed by atoms with van der Waals surface area (Å²) in [7, 11) is 0. The minimum absolute atomic E-state index is 0.0677. The lowest BCUT2D eigenvalue weighted by Gasteiger charge is -2.28. The van der Waals surface area contributed by atoms with E-state index in [2.05, 4.69) is 25.9 Å². The molecule has 0 spiro atoms. The largest absolute Gasteiger partial charge is 0.390 e. The van der Waals surface area contributed by atoms with Crippen LogP contribution in [-0.4, -0.2) is 29.2 Å². The zero-order valence-electron chi connectivity index (χ0n) is 16.7. The average molecular weight is 399 g/mol. The van der Waals surface area contributed by atoms with Crippen LogP contribution in [0.5, 0.6) is 0 Å². The summed E-state index contributed by atoms with van der Waals surface area (Å²) in [5.41, 5.74) is 2.76. The van der Waals surface area contributed by atoms with Crippen LogP contribution in [0.1, 0.15) is 44.7 Å². The smallest absolute Gasteiger partial charge is 0.223 e. The third-order valence-electron chi connectivity index (χ3n) is 4.59. The number of carbonyl (C=O) groups excluding carboxylic acids is 1. The summed E-state index contributed by atoms with van der Waals surface area (Å²) in [6.07, 6.45) is 0.960. The van der Waals surface area contributed by atoms with Gasteiger partial charge in [-0.3, -0.25) is 4.79 Å². The Bertz CT molecular complexity index is 843. The summed E-state index contributed by atoms with van der Waals surface area (Å²) in [5.74, 6) is 0.131.